The van der Waals surface area contributed by atoms with Crippen molar-refractivity contribution in [2.75, 3.05) is 0 Å². The molecule has 1 N–H and O–H groups in total. The first-order valence-electron chi connectivity index (χ1n) is 14.6. The number of esters is 1. The fraction of sp³-hybridized carbons (Fsp3) is 0.906. The van der Waals surface area contributed by atoms with Crippen LogP contribution in [0.2, 0.25) is 0 Å². The molecule has 5 unspecified atom stereocenters. The second-order valence-corrected chi connectivity index (χ2v) is 15.3. The van der Waals surface area contributed by atoms with Gasteiger partial charge in [0.25, 0.3) is 0 Å². The van der Waals surface area contributed by atoms with Gasteiger partial charge in [0, 0.05) is 17.8 Å². The minimum Gasteiger partial charge on any atom is -0.462 e. The van der Waals surface area contributed by atoms with E-state index in [1.807, 2.05) is 0 Å². The Balaban J connectivity index is 1.53. The predicted molar refractivity (Wildman–Crippen MR) is 142 cm³/mol. The molecule has 198 valence electrons. The minimum atomic E-state index is -0.224. The Hall–Kier alpha value is -0.830. The van der Waals surface area contributed by atoms with E-state index in [0.717, 1.165) is 25.7 Å². The Morgan fingerprint density at radius 1 is 0.943 bits per heavy atom. The number of aliphatic hydroxyl groups excluding tert-OH is 1. The summed E-state index contributed by atoms with van der Waals surface area (Å²) < 4.78 is 5.90. The maximum Gasteiger partial charge on any atom is 0.302 e. The third-order valence-electron chi connectivity index (χ3n) is 13.9. The van der Waals surface area contributed by atoms with E-state index in [1.54, 1.807) is 6.92 Å². The van der Waals surface area contributed by atoms with E-state index in [2.05, 4.69) is 61.5 Å². The Morgan fingerprint density at radius 3 is 2.29 bits per heavy atom. The quantitative estimate of drug-likeness (QED) is 0.308. The lowest BCUT2D eigenvalue weighted by Gasteiger charge is -2.74. The number of fused-ring (bicyclic) bond motifs is 7. The third kappa shape index (κ3) is 3.21. The van der Waals surface area contributed by atoms with Crippen molar-refractivity contribution >= 4 is 5.97 Å². The van der Waals surface area contributed by atoms with E-state index < -0.39 is 0 Å². The van der Waals surface area contributed by atoms with Gasteiger partial charge in [-0.1, -0.05) is 60.1 Å². The summed E-state index contributed by atoms with van der Waals surface area (Å²) in [5, 5.41) is 11.8. The molecule has 0 aromatic carbocycles. The van der Waals surface area contributed by atoms with E-state index in [4.69, 9.17) is 4.74 Å². The normalized spacial score (nSPS) is 54.9. The molecule has 0 radical (unpaired) electrons. The molecule has 3 nitrogen and oxygen atoms in total. The second-order valence-electron chi connectivity index (χ2n) is 15.3. The summed E-state index contributed by atoms with van der Waals surface area (Å²) in [7, 11) is 0. The van der Waals surface area contributed by atoms with Gasteiger partial charge in [0.2, 0.25) is 0 Å². The molecule has 5 aliphatic rings. The molecule has 5 aliphatic carbocycles. The van der Waals surface area contributed by atoms with Crippen LogP contribution in [0.3, 0.4) is 0 Å². The van der Waals surface area contributed by atoms with Crippen molar-refractivity contribution in [3.05, 3.63) is 11.6 Å². The van der Waals surface area contributed by atoms with Crippen LogP contribution in [0.25, 0.3) is 0 Å². The monoisotopic (exact) mass is 484 g/mol. The number of hydrogen-bond acceptors (Lipinski definition) is 3. The van der Waals surface area contributed by atoms with Crippen LogP contribution in [-0.2, 0) is 9.53 Å². The van der Waals surface area contributed by atoms with Crippen LogP contribution in [0.1, 0.15) is 114 Å². The molecule has 0 aliphatic heterocycles. The molecule has 35 heavy (non-hydrogen) atoms. The van der Waals surface area contributed by atoms with E-state index >= 15 is 0 Å². The highest BCUT2D eigenvalue weighted by Gasteiger charge is 2.71. The van der Waals surface area contributed by atoms with Crippen molar-refractivity contribution in [2.45, 2.75) is 126 Å². The number of hydrogen-bond donors (Lipinski definition) is 1. The van der Waals surface area contributed by atoms with Crippen LogP contribution in [0, 0.1) is 56.7 Å². The lowest BCUT2D eigenvalue weighted by molar-refractivity contribution is -0.268. The molecule has 0 spiro atoms. The van der Waals surface area contributed by atoms with Gasteiger partial charge in [-0.25, -0.2) is 0 Å². The number of aliphatic hydroxyl groups is 1. The summed E-state index contributed by atoms with van der Waals surface area (Å²) in [6, 6.07) is 0. The van der Waals surface area contributed by atoms with Gasteiger partial charge in [-0.2, -0.15) is 0 Å². The second kappa shape index (κ2) is 7.84. The Bertz CT molecular complexity index is 920. The van der Waals surface area contributed by atoms with Gasteiger partial charge >= 0.3 is 5.97 Å². The topological polar surface area (TPSA) is 46.5 Å². The lowest BCUT2D eigenvalue weighted by atomic mass is 9.31. The highest BCUT2D eigenvalue weighted by atomic mass is 16.5. The van der Waals surface area contributed by atoms with Gasteiger partial charge in [-0.15, -0.1) is 0 Å². The van der Waals surface area contributed by atoms with E-state index in [-0.39, 0.29) is 45.3 Å². The van der Waals surface area contributed by atoms with Crippen molar-refractivity contribution in [3.8, 4) is 0 Å². The van der Waals surface area contributed by atoms with Gasteiger partial charge < -0.3 is 9.84 Å². The fourth-order valence-electron chi connectivity index (χ4n) is 11.7. The summed E-state index contributed by atoms with van der Waals surface area (Å²) in [4.78, 5) is 11.9. The molecule has 0 amide bonds. The summed E-state index contributed by atoms with van der Waals surface area (Å²) in [6.45, 7) is 21.3. The largest absolute Gasteiger partial charge is 0.462 e. The highest BCUT2D eigenvalue weighted by molar-refractivity contribution is 5.66. The van der Waals surface area contributed by atoms with E-state index in [0.29, 0.717) is 29.6 Å². The van der Waals surface area contributed by atoms with Crippen molar-refractivity contribution < 1.29 is 14.6 Å². The average molecular weight is 485 g/mol. The number of rotatable bonds is 1. The summed E-state index contributed by atoms with van der Waals surface area (Å²) in [6.07, 6.45) is 11.4. The van der Waals surface area contributed by atoms with E-state index in [1.165, 1.54) is 31.3 Å². The zero-order valence-electron chi connectivity index (χ0n) is 24.0. The van der Waals surface area contributed by atoms with Crippen molar-refractivity contribution in [2.24, 2.45) is 56.7 Å². The molecule has 4 saturated carbocycles. The zero-order chi connectivity index (χ0) is 25.8. The van der Waals surface area contributed by atoms with Crippen LogP contribution in [0.4, 0.5) is 0 Å². The molecule has 3 heteroatoms. The number of carbonyl (C=O) groups is 1. The third-order valence-corrected chi connectivity index (χ3v) is 13.9. The molecule has 0 aromatic rings. The van der Waals surface area contributed by atoms with Crippen LogP contribution < -0.4 is 0 Å². The van der Waals surface area contributed by atoms with E-state index in [9.17, 15) is 9.90 Å². The van der Waals surface area contributed by atoms with Crippen LogP contribution in [-0.4, -0.2) is 23.3 Å². The minimum absolute atomic E-state index is 0.00218. The molecule has 0 saturated heterocycles. The first kappa shape index (κ1) is 25.8. The van der Waals surface area contributed by atoms with Crippen molar-refractivity contribution in [1.29, 1.82) is 0 Å². The molecule has 4 fully saturated rings. The summed E-state index contributed by atoms with van der Waals surface area (Å²) >= 11 is 0. The molecular formula is C32H52O3. The average Bonchev–Trinajstić information content (AvgIpc) is 2.75. The molecule has 0 bridgehead atoms. The number of ether oxygens (including phenoxy) is 1. The Kier molecular flexibility index (Phi) is 5.78. The lowest BCUT2D eigenvalue weighted by Crippen LogP contribution is -2.69. The maximum absolute atomic E-state index is 11.9. The molecular weight excluding hydrogens is 432 g/mol. The van der Waals surface area contributed by atoms with Crippen LogP contribution >= 0.6 is 0 Å². The van der Waals surface area contributed by atoms with Gasteiger partial charge in [-0.3, -0.25) is 4.79 Å². The first-order chi connectivity index (χ1) is 16.1. The fourth-order valence-corrected chi connectivity index (χ4v) is 11.7. The van der Waals surface area contributed by atoms with Crippen molar-refractivity contribution in [3.63, 3.8) is 0 Å². The van der Waals surface area contributed by atoms with Gasteiger partial charge in [0.15, 0.2) is 0 Å². The SMILES string of the molecule is CC(=O)O[C@H]1CC[C@@]2(C)C(CC[C@]3(C)C2CCC2C4C(C)C(C)=CC[C@]4(C)[C@H](O)C[C@]23C)C1(C)C. The first-order valence-corrected chi connectivity index (χ1v) is 14.6. The molecule has 5 rings (SSSR count). The number of allylic oxidation sites excluding steroid dienone is 2. The zero-order valence-corrected chi connectivity index (χ0v) is 24.0. The summed E-state index contributed by atoms with van der Waals surface area (Å²) in [5.74, 6) is 2.91. The Labute approximate surface area is 214 Å². The molecule has 0 heterocycles. The number of carbonyl (C=O) groups excluding carboxylic acids is 1. The standard InChI is InChI=1S/C32H52O3/c1-19-12-15-30(7)25(34)18-32(9)22(27(30)20(19)2)10-11-24-29(6)16-14-26(35-21(3)33)28(4,5)23(29)13-17-31(24,32)8/h12,20,22-27,34H,10-11,13-18H2,1-9H3/t20?,22?,23?,24?,25-,26+,27?,29+,30-,31-,32-/m1/s1. The predicted octanol–water partition coefficient (Wildman–Crippen LogP) is 7.57. The maximum atomic E-state index is 11.9. The smallest absolute Gasteiger partial charge is 0.302 e. The molecule has 11 atom stereocenters. The molecule has 0 aromatic heterocycles. The Morgan fingerprint density at radius 2 is 1.63 bits per heavy atom. The van der Waals surface area contributed by atoms with Gasteiger partial charge in [0.1, 0.15) is 6.10 Å². The summed E-state index contributed by atoms with van der Waals surface area (Å²) in [5.41, 5.74) is 2.22. The van der Waals surface area contributed by atoms with Gasteiger partial charge in [-0.05, 0) is 104 Å². The van der Waals surface area contributed by atoms with Crippen molar-refractivity contribution in [1.82, 2.24) is 0 Å². The van der Waals surface area contributed by atoms with Crippen LogP contribution in [0.5, 0.6) is 0 Å². The highest BCUT2D eigenvalue weighted by Crippen LogP contribution is 2.76. The van der Waals surface area contributed by atoms with Gasteiger partial charge in [0.05, 0.1) is 6.10 Å². The van der Waals surface area contributed by atoms with Crippen LogP contribution in [0.15, 0.2) is 11.6 Å².